The predicted molar refractivity (Wildman–Crippen MR) is 61.2 cm³/mol. The van der Waals surface area contributed by atoms with Crippen LogP contribution in [0.25, 0.3) is 0 Å². The van der Waals surface area contributed by atoms with Crippen molar-refractivity contribution in [1.29, 1.82) is 0 Å². The molecule has 0 saturated carbocycles. The molecule has 17 heavy (non-hydrogen) atoms. The van der Waals surface area contributed by atoms with Gasteiger partial charge in [0.2, 0.25) is 0 Å². The van der Waals surface area contributed by atoms with Gasteiger partial charge in [-0.2, -0.15) is 0 Å². The Morgan fingerprint density at radius 2 is 2.29 bits per heavy atom. The molecule has 0 spiro atoms. The third-order valence-corrected chi connectivity index (χ3v) is 2.25. The lowest BCUT2D eigenvalue weighted by Gasteiger charge is -2.03. The topological polar surface area (TPSA) is 60.4 Å². The summed E-state index contributed by atoms with van der Waals surface area (Å²) in [5, 5.41) is 3.24. The first kappa shape index (κ1) is 11.9. The number of oxazole rings is 1. The minimum absolute atomic E-state index is 0.537. The normalized spacial score (nSPS) is 10.8. The number of nitrogens with one attached hydrogen (secondary N) is 1. The number of hydrogen-bond acceptors (Lipinski definition) is 5. The van der Waals surface area contributed by atoms with E-state index in [0.29, 0.717) is 19.8 Å². The van der Waals surface area contributed by atoms with Crippen molar-refractivity contribution in [3.63, 3.8) is 0 Å². The zero-order chi connectivity index (χ0) is 11.8. The van der Waals surface area contributed by atoms with Crippen molar-refractivity contribution < 1.29 is 13.6 Å². The second-order valence-electron chi connectivity index (χ2n) is 3.63. The first-order valence-electron chi connectivity index (χ1n) is 5.63. The van der Waals surface area contributed by atoms with E-state index in [0.717, 1.165) is 24.5 Å². The van der Waals surface area contributed by atoms with Gasteiger partial charge in [-0.05, 0) is 25.1 Å². The van der Waals surface area contributed by atoms with Crippen LogP contribution in [0.1, 0.15) is 17.9 Å². The van der Waals surface area contributed by atoms with Crippen molar-refractivity contribution in [2.45, 2.75) is 19.6 Å². The van der Waals surface area contributed by atoms with E-state index in [-0.39, 0.29) is 0 Å². The van der Waals surface area contributed by atoms with Gasteiger partial charge in [0.05, 0.1) is 19.0 Å². The molecule has 0 bridgehead atoms. The lowest BCUT2D eigenvalue weighted by atomic mass is 10.4. The second kappa shape index (κ2) is 6.88. The zero-order valence-electron chi connectivity index (χ0n) is 9.59. The Bertz CT molecular complexity index is 346. The fourth-order valence-corrected chi connectivity index (χ4v) is 1.41. The number of furan rings is 1. The number of nitrogens with zero attached hydrogens (tertiary/aromatic N) is 1. The molecular formula is C12H16N2O3. The Morgan fingerprint density at radius 3 is 3.06 bits per heavy atom. The van der Waals surface area contributed by atoms with Crippen molar-refractivity contribution in [2.24, 2.45) is 0 Å². The molecule has 2 aromatic rings. The molecule has 0 radical (unpaired) electrons. The van der Waals surface area contributed by atoms with Crippen molar-refractivity contribution in [1.82, 2.24) is 10.3 Å². The number of rotatable bonds is 8. The van der Waals surface area contributed by atoms with Crippen LogP contribution < -0.4 is 5.32 Å². The van der Waals surface area contributed by atoms with Gasteiger partial charge in [0.15, 0.2) is 6.39 Å². The minimum Gasteiger partial charge on any atom is -0.467 e. The van der Waals surface area contributed by atoms with Gasteiger partial charge in [0.1, 0.15) is 18.1 Å². The highest BCUT2D eigenvalue weighted by molar-refractivity contribution is 4.95. The smallest absolute Gasteiger partial charge is 0.180 e. The van der Waals surface area contributed by atoms with Crippen molar-refractivity contribution in [2.75, 3.05) is 13.2 Å². The lowest BCUT2D eigenvalue weighted by molar-refractivity contribution is 0.104. The van der Waals surface area contributed by atoms with Gasteiger partial charge in [0.25, 0.3) is 0 Å². The third-order valence-electron chi connectivity index (χ3n) is 2.25. The summed E-state index contributed by atoms with van der Waals surface area (Å²) in [6.07, 6.45) is 5.75. The molecule has 1 N–H and O–H groups in total. The number of hydrogen-bond donors (Lipinski definition) is 1. The first-order valence-corrected chi connectivity index (χ1v) is 5.63. The van der Waals surface area contributed by atoms with Gasteiger partial charge >= 0.3 is 0 Å². The molecule has 0 saturated heterocycles. The van der Waals surface area contributed by atoms with Crippen LogP contribution in [-0.4, -0.2) is 18.1 Å². The standard InChI is InChI=1S/C12H16N2O3/c1-3-11(16-6-1)9-15-5-2-4-13-7-12-8-14-10-17-12/h1,3,6,8,10,13H,2,4-5,7,9H2. The Morgan fingerprint density at radius 1 is 1.29 bits per heavy atom. The van der Waals surface area contributed by atoms with Crippen LogP contribution in [0.15, 0.2) is 39.8 Å². The molecule has 92 valence electrons. The summed E-state index contributed by atoms with van der Waals surface area (Å²) < 4.78 is 15.7. The largest absolute Gasteiger partial charge is 0.467 e. The van der Waals surface area contributed by atoms with Gasteiger partial charge in [-0.25, -0.2) is 4.98 Å². The summed E-state index contributed by atoms with van der Waals surface area (Å²) >= 11 is 0. The fourth-order valence-electron chi connectivity index (χ4n) is 1.41. The summed E-state index contributed by atoms with van der Waals surface area (Å²) in [5.41, 5.74) is 0. The minimum atomic E-state index is 0.537. The van der Waals surface area contributed by atoms with Gasteiger partial charge in [0, 0.05) is 6.61 Å². The van der Waals surface area contributed by atoms with Crippen LogP contribution in [0, 0.1) is 0 Å². The van der Waals surface area contributed by atoms with Crippen LogP contribution in [-0.2, 0) is 17.9 Å². The molecule has 2 aromatic heterocycles. The lowest BCUT2D eigenvalue weighted by Crippen LogP contribution is -2.15. The van der Waals surface area contributed by atoms with E-state index in [4.69, 9.17) is 13.6 Å². The Kier molecular flexibility index (Phi) is 4.81. The summed E-state index contributed by atoms with van der Waals surface area (Å²) in [4.78, 5) is 3.84. The fraction of sp³-hybridized carbons (Fsp3) is 0.417. The summed E-state index contributed by atoms with van der Waals surface area (Å²) in [5.74, 6) is 1.71. The first-order chi connectivity index (χ1) is 8.45. The Balaban J connectivity index is 1.44. The molecular weight excluding hydrogens is 220 g/mol. The molecule has 0 aliphatic heterocycles. The van der Waals surface area contributed by atoms with Crippen LogP contribution in [0.5, 0.6) is 0 Å². The zero-order valence-corrected chi connectivity index (χ0v) is 9.59. The number of aromatic nitrogens is 1. The maximum Gasteiger partial charge on any atom is 0.180 e. The highest BCUT2D eigenvalue weighted by Crippen LogP contribution is 2.01. The SMILES string of the molecule is c1coc(COCCCNCc2cnco2)c1. The summed E-state index contributed by atoms with van der Waals surface area (Å²) in [7, 11) is 0. The highest BCUT2D eigenvalue weighted by Gasteiger charge is 1.97. The Labute approximate surface area is 99.8 Å². The maximum absolute atomic E-state index is 5.45. The molecule has 0 unspecified atom stereocenters. The Hall–Kier alpha value is -1.59. The van der Waals surface area contributed by atoms with E-state index in [2.05, 4.69) is 10.3 Å². The van der Waals surface area contributed by atoms with E-state index in [1.807, 2.05) is 12.1 Å². The van der Waals surface area contributed by atoms with Crippen molar-refractivity contribution in [3.05, 3.63) is 42.5 Å². The van der Waals surface area contributed by atoms with E-state index in [9.17, 15) is 0 Å². The highest BCUT2D eigenvalue weighted by atomic mass is 16.5. The van der Waals surface area contributed by atoms with Gasteiger partial charge in [-0.3, -0.25) is 0 Å². The summed E-state index contributed by atoms with van der Waals surface area (Å²) in [6.45, 7) is 2.84. The van der Waals surface area contributed by atoms with Crippen LogP contribution in [0.4, 0.5) is 0 Å². The molecule has 5 nitrogen and oxygen atoms in total. The van der Waals surface area contributed by atoms with Gasteiger partial charge in [-0.15, -0.1) is 0 Å². The molecule has 0 aliphatic rings. The second-order valence-corrected chi connectivity index (χ2v) is 3.63. The molecule has 2 heterocycles. The molecule has 2 rings (SSSR count). The van der Waals surface area contributed by atoms with Crippen LogP contribution in [0.2, 0.25) is 0 Å². The average Bonchev–Trinajstić information content (AvgIpc) is 3.00. The van der Waals surface area contributed by atoms with E-state index >= 15 is 0 Å². The van der Waals surface area contributed by atoms with E-state index in [1.165, 1.54) is 6.39 Å². The molecule has 5 heteroatoms. The van der Waals surface area contributed by atoms with Gasteiger partial charge in [-0.1, -0.05) is 0 Å². The molecule has 0 fully saturated rings. The average molecular weight is 236 g/mol. The quantitative estimate of drug-likeness (QED) is 0.710. The molecule has 0 amide bonds. The van der Waals surface area contributed by atoms with Crippen molar-refractivity contribution in [3.8, 4) is 0 Å². The monoisotopic (exact) mass is 236 g/mol. The molecule has 0 aromatic carbocycles. The predicted octanol–water partition coefficient (Wildman–Crippen LogP) is 1.96. The molecule has 0 atom stereocenters. The third kappa shape index (κ3) is 4.42. The van der Waals surface area contributed by atoms with E-state index in [1.54, 1.807) is 12.5 Å². The maximum atomic E-state index is 5.45. The van der Waals surface area contributed by atoms with Gasteiger partial charge < -0.3 is 18.9 Å². The summed E-state index contributed by atoms with van der Waals surface area (Å²) in [6, 6.07) is 3.76. The van der Waals surface area contributed by atoms with Crippen LogP contribution in [0.3, 0.4) is 0 Å². The van der Waals surface area contributed by atoms with Crippen LogP contribution >= 0.6 is 0 Å². The van der Waals surface area contributed by atoms with Crippen molar-refractivity contribution >= 4 is 0 Å². The molecule has 0 aliphatic carbocycles. The number of ether oxygens (including phenoxy) is 1. The van der Waals surface area contributed by atoms with E-state index < -0.39 is 0 Å².